The van der Waals surface area contributed by atoms with Gasteiger partial charge >= 0.3 is 5.97 Å². The van der Waals surface area contributed by atoms with E-state index in [4.69, 9.17) is 9.47 Å². The van der Waals surface area contributed by atoms with E-state index in [0.717, 1.165) is 32.9 Å². The van der Waals surface area contributed by atoms with Gasteiger partial charge in [-0.05, 0) is 72.5 Å². The third kappa shape index (κ3) is 6.61. The summed E-state index contributed by atoms with van der Waals surface area (Å²) in [4.78, 5) is 35.7. The van der Waals surface area contributed by atoms with E-state index in [1.54, 1.807) is 25.1 Å². The van der Waals surface area contributed by atoms with E-state index < -0.39 is 11.2 Å². The molecule has 0 spiro atoms. The predicted octanol–water partition coefficient (Wildman–Crippen LogP) is 6.24. The second kappa shape index (κ2) is 11.4. The van der Waals surface area contributed by atoms with Gasteiger partial charge in [0.1, 0.15) is 11.5 Å². The molecule has 4 rings (SSSR count). The summed E-state index contributed by atoms with van der Waals surface area (Å²) in [6.07, 6.45) is 2.27. The van der Waals surface area contributed by atoms with Crippen LogP contribution in [0.5, 0.6) is 11.5 Å². The fourth-order valence-electron chi connectivity index (χ4n) is 3.47. The molecule has 1 aliphatic rings. The van der Waals surface area contributed by atoms with Crippen molar-refractivity contribution in [1.29, 1.82) is 0 Å². The Morgan fingerprint density at radius 3 is 2.17 bits per heavy atom. The van der Waals surface area contributed by atoms with E-state index in [1.807, 2.05) is 60.7 Å². The fraction of sp³-hybridized carbons (Fsp3) is 0.148. The molecule has 1 atom stereocenters. The van der Waals surface area contributed by atoms with Crippen LogP contribution in [0.2, 0.25) is 0 Å². The first-order valence-corrected chi connectivity index (χ1v) is 12.6. The van der Waals surface area contributed by atoms with Crippen LogP contribution < -0.4 is 10.1 Å². The summed E-state index contributed by atoms with van der Waals surface area (Å²) in [7, 11) is 0. The van der Waals surface area contributed by atoms with Gasteiger partial charge in [-0.15, -0.1) is 0 Å². The smallest absolute Gasteiger partial charge is 0.338 e. The molecule has 2 amide bonds. The Bertz CT molecular complexity index is 1250. The topological polar surface area (TPSA) is 81.7 Å². The normalized spacial score (nSPS) is 15.6. The molecular formula is C27H22BrNO5S. The number of hydrogen-bond donors (Lipinski definition) is 1. The highest BCUT2D eigenvalue weighted by atomic mass is 79.9. The molecule has 8 heteroatoms. The van der Waals surface area contributed by atoms with Crippen LogP contribution in [0, 0.1) is 0 Å². The molecule has 35 heavy (non-hydrogen) atoms. The molecule has 1 heterocycles. The molecule has 3 aromatic carbocycles. The SMILES string of the molecule is CCOC(=O)/C(=C/c1ccc(Br)cc1)c1ccc(Oc2ccc(CC3SC(=O)NC3=O)cc2)cc1. The van der Waals surface area contributed by atoms with Crippen LogP contribution in [0.3, 0.4) is 0 Å². The number of halogens is 1. The van der Waals surface area contributed by atoms with Crippen molar-refractivity contribution in [2.24, 2.45) is 0 Å². The Kier molecular flexibility index (Phi) is 8.05. The zero-order chi connectivity index (χ0) is 24.8. The molecule has 1 N–H and O–H groups in total. The molecule has 6 nitrogen and oxygen atoms in total. The Morgan fingerprint density at radius 1 is 0.971 bits per heavy atom. The van der Waals surface area contributed by atoms with Gasteiger partial charge in [0.2, 0.25) is 5.91 Å². The molecule has 1 saturated heterocycles. The number of benzene rings is 3. The average Bonchev–Trinajstić information content (AvgIpc) is 3.17. The first kappa shape index (κ1) is 24.8. The highest BCUT2D eigenvalue weighted by Crippen LogP contribution is 2.28. The molecule has 0 saturated carbocycles. The average molecular weight is 552 g/mol. The van der Waals surface area contributed by atoms with Crippen molar-refractivity contribution in [1.82, 2.24) is 5.32 Å². The second-order valence-corrected chi connectivity index (χ2v) is 9.78. The van der Waals surface area contributed by atoms with Crippen molar-refractivity contribution in [3.05, 3.63) is 94.0 Å². The Balaban J connectivity index is 1.46. The van der Waals surface area contributed by atoms with Gasteiger partial charge in [-0.25, -0.2) is 4.79 Å². The number of carbonyl (C=O) groups excluding carboxylic acids is 3. The van der Waals surface area contributed by atoms with Gasteiger partial charge in [0.15, 0.2) is 0 Å². The molecule has 3 aromatic rings. The first-order chi connectivity index (χ1) is 16.9. The first-order valence-electron chi connectivity index (χ1n) is 10.9. The van der Waals surface area contributed by atoms with Crippen LogP contribution in [0.1, 0.15) is 23.6 Å². The van der Waals surface area contributed by atoms with E-state index >= 15 is 0 Å². The van der Waals surface area contributed by atoms with E-state index in [0.29, 0.717) is 23.5 Å². The van der Waals surface area contributed by atoms with Gasteiger partial charge in [-0.1, -0.05) is 64.1 Å². The van der Waals surface area contributed by atoms with E-state index in [-0.39, 0.29) is 17.8 Å². The summed E-state index contributed by atoms with van der Waals surface area (Å²) in [5, 5.41) is 1.59. The molecule has 178 valence electrons. The number of carbonyl (C=O) groups is 3. The van der Waals surface area contributed by atoms with E-state index in [1.165, 1.54) is 0 Å². The van der Waals surface area contributed by atoms with Crippen molar-refractivity contribution >= 4 is 56.5 Å². The van der Waals surface area contributed by atoms with Crippen molar-refractivity contribution in [2.75, 3.05) is 6.61 Å². The third-order valence-corrected chi connectivity index (χ3v) is 6.70. The quantitative estimate of drug-likeness (QED) is 0.203. The van der Waals surface area contributed by atoms with Gasteiger partial charge in [0.05, 0.1) is 17.4 Å². The van der Waals surface area contributed by atoms with Crippen LogP contribution in [-0.4, -0.2) is 29.0 Å². The van der Waals surface area contributed by atoms with Crippen molar-refractivity contribution < 1.29 is 23.9 Å². The lowest BCUT2D eigenvalue weighted by Crippen LogP contribution is -2.25. The number of rotatable bonds is 8. The Morgan fingerprint density at radius 2 is 1.60 bits per heavy atom. The maximum atomic E-state index is 12.6. The molecule has 0 aromatic heterocycles. The van der Waals surface area contributed by atoms with Gasteiger partial charge in [0, 0.05) is 4.47 Å². The number of ether oxygens (including phenoxy) is 2. The Hall–Kier alpha value is -3.36. The summed E-state index contributed by atoms with van der Waals surface area (Å²) in [5.41, 5.74) is 3.00. The zero-order valence-electron chi connectivity index (χ0n) is 18.8. The lowest BCUT2D eigenvalue weighted by molar-refractivity contribution is -0.136. The number of esters is 1. The minimum atomic E-state index is -0.402. The minimum Gasteiger partial charge on any atom is -0.462 e. The van der Waals surface area contributed by atoms with Crippen LogP contribution >= 0.6 is 27.7 Å². The van der Waals surface area contributed by atoms with Gasteiger partial charge in [0.25, 0.3) is 5.24 Å². The third-order valence-electron chi connectivity index (χ3n) is 5.19. The number of amides is 2. The zero-order valence-corrected chi connectivity index (χ0v) is 21.2. The highest BCUT2D eigenvalue weighted by Gasteiger charge is 2.31. The molecular weight excluding hydrogens is 530 g/mol. The van der Waals surface area contributed by atoms with Crippen LogP contribution in [-0.2, 0) is 20.7 Å². The summed E-state index contributed by atoms with van der Waals surface area (Å²) >= 11 is 4.43. The van der Waals surface area contributed by atoms with Crippen molar-refractivity contribution in [3.63, 3.8) is 0 Å². The van der Waals surface area contributed by atoms with Crippen LogP contribution in [0.15, 0.2) is 77.3 Å². The summed E-state index contributed by atoms with van der Waals surface area (Å²) in [5.74, 6) is 0.606. The summed E-state index contributed by atoms with van der Waals surface area (Å²) in [6, 6.07) is 22.3. The van der Waals surface area contributed by atoms with Crippen LogP contribution in [0.25, 0.3) is 11.6 Å². The standard InChI is InChI=1S/C27H22BrNO5S/c1-2-33-26(31)23(15-17-3-9-20(28)10-4-17)19-7-13-22(14-8-19)34-21-11-5-18(6-12-21)16-24-25(30)29-27(32)35-24/h3-15,24H,2,16H2,1H3,(H,29,30,32)/b23-15+. The number of nitrogens with one attached hydrogen (secondary N) is 1. The maximum absolute atomic E-state index is 12.6. The Labute approximate surface area is 215 Å². The molecule has 0 radical (unpaired) electrons. The number of hydrogen-bond acceptors (Lipinski definition) is 6. The number of thioether (sulfide) groups is 1. The second-order valence-electron chi connectivity index (χ2n) is 7.69. The summed E-state index contributed by atoms with van der Waals surface area (Å²) in [6.45, 7) is 2.06. The fourth-order valence-corrected chi connectivity index (χ4v) is 4.59. The van der Waals surface area contributed by atoms with Gasteiger partial charge in [-0.3, -0.25) is 14.9 Å². The number of imide groups is 1. The minimum absolute atomic E-state index is 0.253. The largest absolute Gasteiger partial charge is 0.462 e. The monoisotopic (exact) mass is 551 g/mol. The van der Waals surface area contributed by atoms with Gasteiger partial charge in [-0.2, -0.15) is 0 Å². The molecule has 1 fully saturated rings. The van der Waals surface area contributed by atoms with E-state index in [2.05, 4.69) is 21.2 Å². The lowest BCUT2D eigenvalue weighted by atomic mass is 10.0. The lowest BCUT2D eigenvalue weighted by Gasteiger charge is -2.11. The van der Waals surface area contributed by atoms with Gasteiger partial charge < -0.3 is 9.47 Å². The van der Waals surface area contributed by atoms with Crippen LogP contribution in [0.4, 0.5) is 4.79 Å². The molecule has 0 bridgehead atoms. The van der Waals surface area contributed by atoms with Crippen molar-refractivity contribution in [2.45, 2.75) is 18.6 Å². The predicted molar refractivity (Wildman–Crippen MR) is 140 cm³/mol. The highest BCUT2D eigenvalue weighted by molar-refractivity contribution is 9.10. The van der Waals surface area contributed by atoms with Crippen molar-refractivity contribution in [3.8, 4) is 11.5 Å². The van der Waals surface area contributed by atoms with E-state index in [9.17, 15) is 14.4 Å². The summed E-state index contributed by atoms with van der Waals surface area (Å²) < 4.78 is 12.2. The molecule has 0 aliphatic carbocycles. The molecule has 1 unspecified atom stereocenters. The molecule has 1 aliphatic heterocycles. The maximum Gasteiger partial charge on any atom is 0.338 e.